The van der Waals surface area contributed by atoms with E-state index in [1.54, 1.807) is 13.8 Å². The van der Waals surface area contributed by atoms with Crippen LogP contribution in [0.4, 0.5) is 0 Å². The van der Waals surface area contributed by atoms with Crippen molar-refractivity contribution in [3.05, 3.63) is 28.2 Å². The Morgan fingerprint density at radius 3 is 2.78 bits per heavy atom. The molecule has 1 heterocycles. The second-order valence-corrected chi connectivity index (χ2v) is 3.93. The van der Waals surface area contributed by atoms with Crippen LogP contribution in [0.3, 0.4) is 0 Å². The summed E-state index contributed by atoms with van der Waals surface area (Å²) in [4.78, 5) is 22.7. The molecule has 0 aliphatic rings. The Labute approximate surface area is 103 Å². The fourth-order valence-corrected chi connectivity index (χ4v) is 1.23. The summed E-state index contributed by atoms with van der Waals surface area (Å²) in [6.07, 6.45) is 0.429. The minimum absolute atomic E-state index is 0.0417. The number of carbonyl (C=O) groups is 1. The van der Waals surface area contributed by atoms with E-state index in [9.17, 15) is 9.59 Å². The van der Waals surface area contributed by atoms with E-state index in [2.05, 4.69) is 20.7 Å². The first-order valence-electron chi connectivity index (χ1n) is 5.29. The lowest BCUT2D eigenvalue weighted by Crippen LogP contribution is -2.55. The number of nitrogens with zero attached hydrogens (tertiary/aromatic N) is 2. The minimum Gasteiger partial charge on any atom is -0.409 e. The van der Waals surface area contributed by atoms with Crippen molar-refractivity contribution in [3.8, 4) is 0 Å². The molecule has 0 aliphatic carbocycles. The number of carbonyl (C=O) groups excluding carboxylic acids is 1. The Morgan fingerprint density at radius 2 is 2.33 bits per heavy atom. The highest BCUT2D eigenvalue weighted by atomic mass is 16.4. The van der Waals surface area contributed by atoms with Gasteiger partial charge in [-0.3, -0.25) is 9.59 Å². The predicted octanol–water partition coefficient (Wildman–Crippen LogP) is -0.585. The average Bonchev–Trinajstić information content (AvgIpc) is 2.38. The number of aromatic nitrogens is 2. The van der Waals surface area contributed by atoms with Gasteiger partial charge in [0, 0.05) is 6.07 Å². The largest absolute Gasteiger partial charge is 0.409 e. The Balaban J connectivity index is 2.93. The van der Waals surface area contributed by atoms with Crippen molar-refractivity contribution in [1.29, 1.82) is 0 Å². The molecule has 8 heteroatoms. The lowest BCUT2D eigenvalue weighted by Gasteiger charge is -2.27. The SMILES string of the molecule is CCC(C)(NC(=O)c1ccc(=O)[nH]n1)/C(N)=N/O. The van der Waals surface area contributed by atoms with Gasteiger partial charge in [-0.1, -0.05) is 12.1 Å². The fraction of sp³-hybridized carbons (Fsp3) is 0.400. The summed E-state index contributed by atoms with van der Waals surface area (Å²) in [6.45, 7) is 3.39. The quantitative estimate of drug-likeness (QED) is 0.246. The molecular formula is C10H15N5O3. The highest BCUT2D eigenvalue weighted by Gasteiger charge is 2.30. The van der Waals surface area contributed by atoms with Crippen molar-refractivity contribution >= 4 is 11.7 Å². The van der Waals surface area contributed by atoms with Crippen molar-refractivity contribution in [3.63, 3.8) is 0 Å². The molecule has 1 atom stereocenters. The highest BCUT2D eigenvalue weighted by Crippen LogP contribution is 2.10. The summed E-state index contributed by atoms with van der Waals surface area (Å²) >= 11 is 0. The summed E-state index contributed by atoms with van der Waals surface area (Å²) in [5.74, 6) is -0.634. The number of nitrogens with two attached hydrogens (primary N) is 1. The van der Waals surface area contributed by atoms with Crippen LogP contribution in [0.5, 0.6) is 0 Å². The van der Waals surface area contributed by atoms with E-state index in [0.717, 1.165) is 0 Å². The van der Waals surface area contributed by atoms with Gasteiger partial charge in [0.2, 0.25) is 0 Å². The molecule has 0 spiro atoms. The van der Waals surface area contributed by atoms with Crippen LogP contribution in [0.25, 0.3) is 0 Å². The molecule has 1 aromatic rings. The Kier molecular flexibility index (Phi) is 4.03. The number of oxime groups is 1. The number of amidine groups is 1. The molecule has 1 aromatic heterocycles. The molecule has 8 nitrogen and oxygen atoms in total. The van der Waals surface area contributed by atoms with Crippen LogP contribution in [0.2, 0.25) is 0 Å². The number of nitrogens with one attached hydrogen (secondary N) is 2. The summed E-state index contributed by atoms with van der Waals surface area (Å²) in [5.41, 5.74) is 4.18. The van der Waals surface area contributed by atoms with E-state index in [4.69, 9.17) is 10.9 Å². The summed E-state index contributed by atoms with van der Waals surface area (Å²) < 4.78 is 0. The van der Waals surface area contributed by atoms with Crippen molar-refractivity contribution in [2.24, 2.45) is 10.9 Å². The molecule has 0 bridgehead atoms. The van der Waals surface area contributed by atoms with Gasteiger partial charge in [-0.15, -0.1) is 0 Å². The zero-order chi connectivity index (χ0) is 13.8. The zero-order valence-electron chi connectivity index (χ0n) is 10.1. The third kappa shape index (κ3) is 2.84. The number of rotatable bonds is 4. The summed E-state index contributed by atoms with van der Waals surface area (Å²) in [5, 5.41) is 19.9. The summed E-state index contributed by atoms with van der Waals surface area (Å²) in [7, 11) is 0. The minimum atomic E-state index is -0.982. The molecule has 0 fully saturated rings. The van der Waals surface area contributed by atoms with Gasteiger partial charge in [-0.05, 0) is 19.4 Å². The third-order valence-electron chi connectivity index (χ3n) is 2.68. The molecular weight excluding hydrogens is 238 g/mol. The van der Waals surface area contributed by atoms with Gasteiger partial charge < -0.3 is 16.3 Å². The lowest BCUT2D eigenvalue weighted by atomic mass is 9.97. The van der Waals surface area contributed by atoms with E-state index < -0.39 is 17.0 Å². The van der Waals surface area contributed by atoms with Crippen LogP contribution in [-0.4, -0.2) is 32.7 Å². The maximum Gasteiger partial charge on any atom is 0.272 e. The van der Waals surface area contributed by atoms with Crippen LogP contribution < -0.4 is 16.6 Å². The number of hydrogen-bond donors (Lipinski definition) is 4. The first-order chi connectivity index (χ1) is 8.42. The molecule has 1 amide bonds. The van der Waals surface area contributed by atoms with Crippen molar-refractivity contribution < 1.29 is 10.0 Å². The molecule has 1 rings (SSSR count). The van der Waals surface area contributed by atoms with E-state index in [1.807, 2.05) is 0 Å². The smallest absolute Gasteiger partial charge is 0.272 e. The molecule has 0 aliphatic heterocycles. The van der Waals surface area contributed by atoms with Gasteiger partial charge >= 0.3 is 0 Å². The number of amides is 1. The third-order valence-corrected chi connectivity index (χ3v) is 2.68. The van der Waals surface area contributed by atoms with Gasteiger partial charge in [0.25, 0.3) is 11.5 Å². The van der Waals surface area contributed by atoms with Gasteiger partial charge in [0.1, 0.15) is 5.69 Å². The van der Waals surface area contributed by atoms with E-state index in [1.165, 1.54) is 12.1 Å². The van der Waals surface area contributed by atoms with Crippen LogP contribution in [-0.2, 0) is 0 Å². The maximum atomic E-state index is 11.9. The van der Waals surface area contributed by atoms with Gasteiger partial charge in [0.15, 0.2) is 5.84 Å². The monoisotopic (exact) mass is 253 g/mol. The molecule has 0 saturated heterocycles. The Hall–Kier alpha value is -2.38. The standard InChI is InChI=1S/C10H15N5O3/c1-3-10(2,9(11)15-18)12-8(17)6-4-5-7(16)14-13-6/h4-5,18H,3H2,1-2H3,(H2,11,15)(H,12,17)(H,14,16). The molecule has 0 radical (unpaired) electrons. The number of H-pyrrole nitrogens is 1. The first-order valence-corrected chi connectivity index (χ1v) is 5.29. The Morgan fingerprint density at radius 1 is 1.67 bits per heavy atom. The average molecular weight is 253 g/mol. The topological polar surface area (TPSA) is 133 Å². The van der Waals surface area contributed by atoms with Gasteiger partial charge in [0.05, 0.1) is 5.54 Å². The first kappa shape index (κ1) is 13.7. The van der Waals surface area contributed by atoms with E-state index >= 15 is 0 Å². The number of hydrogen-bond acceptors (Lipinski definition) is 5. The highest BCUT2D eigenvalue weighted by molar-refractivity contribution is 5.98. The van der Waals surface area contributed by atoms with Crippen molar-refractivity contribution in [2.45, 2.75) is 25.8 Å². The molecule has 1 unspecified atom stereocenters. The Bertz CT molecular complexity index is 504. The second-order valence-electron chi connectivity index (χ2n) is 3.93. The lowest BCUT2D eigenvalue weighted by molar-refractivity contribution is 0.0918. The zero-order valence-corrected chi connectivity index (χ0v) is 10.1. The van der Waals surface area contributed by atoms with Crippen molar-refractivity contribution in [2.75, 3.05) is 0 Å². The van der Waals surface area contributed by atoms with Crippen molar-refractivity contribution in [1.82, 2.24) is 15.5 Å². The molecule has 5 N–H and O–H groups in total. The van der Waals surface area contributed by atoms with E-state index in [0.29, 0.717) is 6.42 Å². The molecule has 0 saturated carbocycles. The predicted molar refractivity (Wildman–Crippen MR) is 64.4 cm³/mol. The van der Waals surface area contributed by atoms with Gasteiger partial charge in [-0.25, -0.2) is 5.10 Å². The normalized spacial score (nSPS) is 14.9. The summed E-state index contributed by atoms with van der Waals surface area (Å²) in [6, 6.07) is 2.48. The molecule has 98 valence electrons. The van der Waals surface area contributed by atoms with Crippen LogP contribution >= 0.6 is 0 Å². The number of aromatic amines is 1. The fourth-order valence-electron chi connectivity index (χ4n) is 1.23. The van der Waals surface area contributed by atoms with Crippen LogP contribution in [0, 0.1) is 0 Å². The van der Waals surface area contributed by atoms with Gasteiger partial charge in [-0.2, -0.15) is 5.10 Å². The van der Waals surface area contributed by atoms with Crippen LogP contribution in [0.15, 0.2) is 22.1 Å². The maximum absolute atomic E-state index is 11.9. The second kappa shape index (κ2) is 5.30. The van der Waals surface area contributed by atoms with E-state index in [-0.39, 0.29) is 11.5 Å². The molecule has 18 heavy (non-hydrogen) atoms. The molecule has 0 aromatic carbocycles. The van der Waals surface area contributed by atoms with Crippen LogP contribution in [0.1, 0.15) is 30.8 Å².